The average Bonchev–Trinajstić information content (AvgIpc) is 3.06. The molecule has 2 aliphatic heterocycles. The van der Waals surface area contributed by atoms with E-state index < -0.39 is 5.60 Å². The summed E-state index contributed by atoms with van der Waals surface area (Å²) in [6, 6.07) is 7.55. The van der Waals surface area contributed by atoms with Crippen molar-refractivity contribution < 1.29 is 14.3 Å². The molecule has 2 aliphatic rings. The van der Waals surface area contributed by atoms with Gasteiger partial charge in [-0.2, -0.15) is 15.0 Å². The average molecular weight is 329 g/mol. The number of fused-ring (bicyclic) bond motifs is 1. The summed E-state index contributed by atoms with van der Waals surface area (Å²) < 4.78 is 5.44. The van der Waals surface area contributed by atoms with Crippen molar-refractivity contribution in [2.45, 2.75) is 31.4 Å². The molecule has 1 spiro atoms. The van der Waals surface area contributed by atoms with E-state index in [1.807, 2.05) is 29.2 Å². The Bertz CT molecular complexity index is 756. The zero-order valence-electron chi connectivity index (χ0n) is 13.3. The lowest BCUT2D eigenvalue weighted by molar-refractivity contribution is -0.132. The molecule has 0 saturated carbocycles. The van der Waals surface area contributed by atoms with Crippen molar-refractivity contribution >= 4 is 23.0 Å². The van der Waals surface area contributed by atoms with E-state index in [1.165, 1.54) is 4.80 Å². The fraction of sp³-hybridized carbons (Fsp3) is 0.500. The number of nitrogens with one attached hydrogen (secondary N) is 1. The topological polar surface area (TPSA) is 89.4 Å². The van der Waals surface area contributed by atoms with Gasteiger partial charge < -0.3 is 15.0 Å². The summed E-state index contributed by atoms with van der Waals surface area (Å²) in [5, 5.41) is 11.4. The van der Waals surface area contributed by atoms with Crippen molar-refractivity contribution in [3.05, 3.63) is 24.3 Å². The highest BCUT2D eigenvalue weighted by molar-refractivity contribution is 5.77. The van der Waals surface area contributed by atoms with Crippen molar-refractivity contribution in [2.24, 2.45) is 0 Å². The van der Waals surface area contributed by atoms with Gasteiger partial charge in [-0.1, -0.05) is 12.1 Å². The highest BCUT2D eigenvalue weighted by Crippen LogP contribution is 2.29. The van der Waals surface area contributed by atoms with Crippen LogP contribution in [-0.4, -0.2) is 57.1 Å². The standard InChI is InChI=1S/C16H19N5O3/c22-14(10-21-18-12-4-1-2-5-13(12)19-21)20-8-3-6-16(7-9-20)11-17-15(23)24-16/h1-2,4-5H,3,6-11H2,(H,17,23)/t16-/m1/s1. The SMILES string of the molecule is O=C1NC[C@]2(CCCN(C(=O)Cn3nc4ccccc4n3)CC2)O1. The molecule has 2 amide bonds. The first-order valence-electron chi connectivity index (χ1n) is 8.18. The number of carbonyl (C=O) groups excluding carboxylic acids is 2. The summed E-state index contributed by atoms with van der Waals surface area (Å²) in [5.74, 6) is -0.00959. The first kappa shape index (κ1) is 14.9. The highest BCUT2D eigenvalue weighted by atomic mass is 16.6. The summed E-state index contributed by atoms with van der Waals surface area (Å²) in [6.45, 7) is 1.90. The molecule has 0 bridgehead atoms. The van der Waals surface area contributed by atoms with Crippen LogP contribution in [0.15, 0.2) is 24.3 Å². The van der Waals surface area contributed by atoms with Gasteiger partial charge in [-0.15, -0.1) is 0 Å². The Kier molecular flexibility index (Phi) is 3.59. The van der Waals surface area contributed by atoms with E-state index in [-0.39, 0.29) is 18.5 Å². The third kappa shape index (κ3) is 2.79. The second kappa shape index (κ2) is 5.77. The van der Waals surface area contributed by atoms with Crippen LogP contribution in [0, 0.1) is 0 Å². The van der Waals surface area contributed by atoms with Gasteiger partial charge in [-0.3, -0.25) is 4.79 Å². The van der Waals surface area contributed by atoms with Crippen LogP contribution in [0.3, 0.4) is 0 Å². The molecule has 1 aromatic heterocycles. The molecule has 1 N–H and O–H groups in total. The molecule has 0 aliphatic carbocycles. The van der Waals surface area contributed by atoms with Crippen molar-refractivity contribution in [3.63, 3.8) is 0 Å². The normalized spacial score (nSPS) is 24.0. The molecule has 8 nitrogen and oxygen atoms in total. The zero-order chi connectivity index (χ0) is 16.6. The smallest absolute Gasteiger partial charge is 0.407 e. The second-order valence-electron chi connectivity index (χ2n) is 6.38. The van der Waals surface area contributed by atoms with Crippen LogP contribution in [0.4, 0.5) is 4.79 Å². The Morgan fingerprint density at radius 1 is 1.21 bits per heavy atom. The molecular formula is C16H19N5O3. The Morgan fingerprint density at radius 3 is 2.62 bits per heavy atom. The Hall–Kier alpha value is -2.64. The summed E-state index contributed by atoms with van der Waals surface area (Å²) in [7, 11) is 0. The minimum absolute atomic E-state index is 0.00959. The lowest BCUT2D eigenvalue weighted by Crippen LogP contribution is -2.38. The minimum Gasteiger partial charge on any atom is -0.441 e. The van der Waals surface area contributed by atoms with Gasteiger partial charge in [0.25, 0.3) is 0 Å². The third-order valence-corrected chi connectivity index (χ3v) is 4.72. The van der Waals surface area contributed by atoms with Gasteiger partial charge in [-0.05, 0) is 25.0 Å². The summed E-state index contributed by atoms with van der Waals surface area (Å²) in [4.78, 5) is 27.2. The van der Waals surface area contributed by atoms with Crippen LogP contribution >= 0.6 is 0 Å². The molecule has 126 valence electrons. The van der Waals surface area contributed by atoms with Gasteiger partial charge in [0.2, 0.25) is 5.91 Å². The van der Waals surface area contributed by atoms with Crippen molar-refractivity contribution in [1.82, 2.24) is 25.2 Å². The maximum Gasteiger partial charge on any atom is 0.407 e. The Balaban J connectivity index is 1.42. The van der Waals surface area contributed by atoms with Gasteiger partial charge in [-0.25, -0.2) is 4.79 Å². The van der Waals surface area contributed by atoms with Crippen LogP contribution in [0.2, 0.25) is 0 Å². The third-order valence-electron chi connectivity index (χ3n) is 4.72. The predicted octanol–water partition coefficient (Wildman–Crippen LogP) is 0.922. The molecule has 1 atom stereocenters. The van der Waals surface area contributed by atoms with E-state index in [9.17, 15) is 9.59 Å². The van der Waals surface area contributed by atoms with Gasteiger partial charge in [0.15, 0.2) is 0 Å². The summed E-state index contributed by atoms with van der Waals surface area (Å²) in [5.41, 5.74) is 1.11. The predicted molar refractivity (Wildman–Crippen MR) is 85.2 cm³/mol. The van der Waals surface area contributed by atoms with Crippen LogP contribution in [-0.2, 0) is 16.1 Å². The van der Waals surface area contributed by atoms with Gasteiger partial charge in [0.05, 0.1) is 6.54 Å². The molecular weight excluding hydrogens is 310 g/mol. The van der Waals surface area contributed by atoms with E-state index in [1.54, 1.807) is 0 Å². The monoisotopic (exact) mass is 329 g/mol. The van der Waals surface area contributed by atoms with E-state index in [0.29, 0.717) is 26.1 Å². The molecule has 0 radical (unpaired) electrons. The number of amides is 2. The van der Waals surface area contributed by atoms with Crippen molar-refractivity contribution in [3.8, 4) is 0 Å². The second-order valence-corrected chi connectivity index (χ2v) is 6.38. The summed E-state index contributed by atoms with van der Waals surface area (Å²) >= 11 is 0. The zero-order valence-corrected chi connectivity index (χ0v) is 13.3. The molecule has 8 heteroatoms. The minimum atomic E-state index is -0.454. The molecule has 2 fully saturated rings. The Labute approximate surface area is 138 Å². The molecule has 1 aromatic carbocycles. The highest BCUT2D eigenvalue weighted by Gasteiger charge is 2.41. The number of ether oxygens (including phenoxy) is 1. The summed E-state index contributed by atoms with van der Waals surface area (Å²) in [6.07, 6.45) is 1.89. The molecule has 4 rings (SSSR count). The number of benzene rings is 1. The first-order valence-corrected chi connectivity index (χ1v) is 8.18. The first-order chi connectivity index (χ1) is 11.6. The van der Waals surface area contributed by atoms with Gasteiger partial charge in [0, 0.05) is 19.5 Å². The van der Waals surface area contributed by atoms with Crippen molar-refractivity contribution in [2.75, 3.05) is 19.6 Å². The van der Waals surface area contributed by atoms with Crippen LogP contribution < -0.4 is 5.32 Å². The number of alkyl carbamates (subject to hydrolysis) is 1. The largest absolute Gasteiger partial charge is 0.441 e. The van der Waals surface area contributed by atoms with Crippen LogP contribution in [0.25, 0.3) is 11.0 Å². The maximum absolute atomic E-state index is 12.6. The molecule has 3 heterocycles. The maximum atomic E-state index is 12.6. The fourth-order valence-electron chi connectivity index (χ4n) is 3.39. The molecule has 2 saturated heterocycles. The van der Waals surface area contributed by atoms with E-state index in [0.717, 1.165) is 23.9 Å². The number of carbonyl (C=O) groups is 2. The number of nitrogens with zero attached hydrogens (tertiary/aromatic N) is 4. The number of hydrogen-bond donors (Lipinski definition) is 1. The number of likely N-dealkylation sites (tertiary alicyclic amines) is 1. The number of rotatable bonds is 2. The van der Waals surface area contributed by atoms with Gasteiger partial charge in [0.1, 0.15) is 23.2 Å². The van der Waals surface area contributed by atoms with Crippen LogP contribution in [0.1, 0.15) is 19.3 Å². The van der Waals surface area contributed by atoms with E-state index in [2.05, 4.69) is 15.5 Å². The lowest BCUT2D eigenvalue weighted by Gasteiger charge is -2.24. The molecule has 2 aromatic rings. The van der Waals surface area contributed by atoms with E-state index >= 15 is 0 Å². The fourth-order valence-corrected chi connectivity index (χ4v) is 3.39. The van der Waals surface area contributed by atoms with E-state index in [4.69, 9.17) is 4.74 Å². The number of aromatic nitrogens is 3. The molecule has 0 unspecified atom stereocenters. The quantitative estimate of drug-likeness (QED) is 0.885. The number of hydrogen-bond acceptors (Lipinski definition) is 5. The molecule has 24 heavy (non-hydrogen) atoms. The lowest BCUT2D eigenvalue weighted by atomic mass is 9.95. The van der Waals surface area contributed by atoms with Crippen molar-refractivity contribution in [1.29, 1.82) is 0 Å². The van der Waals surface area contributed by atoms with Crippen LogP contribution in [0.5, 0.6) is 0 Å². The van der Waals surface area contributed by atoms with Gasteiger partial charge >= 0.3 is 6.09 Å². The Morgan fingerprint density at radius 2 is 1.96 bits per heavy atom.